The molecule has 1 aromatic carbocycles. The molecule has 9 heteroatoms. The van der Waals surface area contributed by atoms with Gasteiger partial charge < -0.3 is 9.47 Å². The highest BCUT2D eigenvalue weighted by Crippen LogP contribution is 2.16. The van der Waals surface area contributed by atoms with Gasteiger partial charge in [-0.1, -0.05) is 6.07 Å². The number of nitrogens with one attached hydrogen (secondary N) is 1. The Kier molecular flexibility index (Phi) is 6.58. The number of nitrogens with zero attached hydrogens (tertiary/aromatic N) is 1. The Morgan fingerprint density at radius 2 is 2.08 bits per heavy atom. The van der Waals surface area contributed by atoms with E-state index in [9.17, 15) is 18.8 Å². The first kappa shape index (κ1) is 18.5. The molecule has 25 heavy (non-hydrogen) atoms. The molecule has 0 bridgehead atoms. The topological polar surface area (TPSA) is 94.6 Å². The van der Waals surface area contributed by atoms with Crippen LogP contribution in [0.1, 0.15) is 23.0 Å². The Hall–Kier alpha value is -2.81. The first-order chi connectivity index (χ1) is 12.0. The first-order valence-corrected chi connectivity index (χ1v) is 8.18. The molecule has 2 rings (SSSR count). The summed E-state index contributed by atoms with van der Waals surface area (Å²) in [7, 11) is 0. The number of thiazole rings is 1. The smallest absolute Gasteiger partial charge is 0.338 e. The fraction of sp³-hybridized carbons (Fsp3) is 0.250. The van der Waals surface area contributed by atoms with Gasteiger partial charge in [-0.3, -0.25) is 14.9 Å². The molecule has 0 atom stereocenters. The Bertz CT molecular complexity index is 777. The predicted octanol–water partition coefficient (Wildman–Crippen LogP) is 2.18. The summed E-state index contributed by atoms with van der Waals surface area (Å²) < 4.78 is 22.6. The highest BCUT2D eigenvalue weighted by molar-refractivity contribution is 7.13. The van der Waals surface area contributed by atoms with Crippen molar-refractivity contribution in [1.29, 1.82) is 0 Å². The van der Waals surface area contributed by atoms with Gasteiger partial charge in [-0.25, -0.2) is 14.2 Å². The molecule has 1 N–H and O–H groups in total. The van der Waals surface area contributed by atoms with E-state index < -0.39 is 30.3 Å². The van der Waals surface area contributed by atoms with Crippen molar-refractivity contribution in [2.75, 3.05) is 18.5 Å². The van der Waals surface area contributed by atoms with Crippen LogP contribution >= 0.6 is 11.3 Å². The molecule has 0 aliphatic rings. The van der Waals surface area contributed by atoms with E-state index >= 15 is 0 Å². The summed E-state index contributed by atoms with van der Waals surface area (Å²) in [4.78, 5) is 38.9. The molecular formula is C16H15FN2O5S. The predicted molar refractivity (Wildman–Crippen MR) is 87.8 cm³/mol. The maximum atomic E-state index is 13.0. The highest BCUT2D eigenvalue weighted by Gasteiger charge is 2.13. The van der Waals surface area contributed by atoms with Crippen molar-refractivity contribution in [3.63, 3.8) is 0 Å². The average molecular weight is 366 g/mol. The summed E-state index contributed by atoms with van der Waals surface area (Å²) in [6.07, 6.45) is 0.00870. The van der Waals surface area contributed by atoms with Gasteiger partial charge in [0.25, 0.3) is 5.91 Å². The van der Waals surface area contributed by atoms with Crippen LogP contribution in [0.3, 0.4) is 0 Å². The van der Waals surface area contributed by atoms with Crippen LogP contribution in [0.5, 0.6) is 0 Å². The molecule has 1 aromatic heterocycles. The second-order valence-corrected chi connectivity index (χ2v) is 5.62. The summed E-state index contributed by atoms with van der Waals surface area (Å²) in [5, 5.41) is 4.34. The third-order valence-corrected chi connectivity index (χ3v) is 3.63. The number of carbonyl (C=O) groups is 3. The van der Waals surface area contributed by atoms with E-state index in [1.165, 1.54) is 18.2 Å². The van der Waals surface area contributed by atoms with Gasteiger partial charge in [0.15, 0.2) is 11.7 Å². The van der Waals surface area contributed by atoms with Gasteiger partial charge in [0.05, 0.1) is 24.3 Å². The van der Waals surface area contributed by atoms with Crippen LogP contribution in [0.4, 0.5) is 9.52 Å². The molecule has 0 aliphatic heterocycles. The summed E-state index contributed by atoms with van der Waals surface area (Å²) in [6, 6.07) is 4.96. The molecule has 0 spiro atoms. The number of hydrogen-bond acceptors (Lipinski definition) is 7. The Morgan fingerprint density at radius 1 is 1.28 bits per heavy atom. The third kappa shape index (κ3) is 5.96. The minimum atomic E-state index is -0.809. The number of hydrogen-bond donors (Lipinski definition) is 1. The quantitative estimate of drug-likeness (QED) is 0.755. The number of carbonyl (C=O) groups excluding carboxylic acids is 3. The molecule has 0 aliphatic carbocycles. The van der Waals surface area contributed by atoms with Gasteiger partial charge in [0.1, 0.15) is 5.82 Å². The zero-order valence-corrected chi connectivity index (χ0v) is 14.1. The lowest BCUT2D eigenvalue weighted by molar-refractivity contribution is -0.142. The molecule has 0 saturated heterocycles. The van der Waals surface area contributed by atoms with Crippen molar-refractivity contribution in [3.8, 4) is 0 Å². The maximum Gasteiger partial charge on any atom is 0.338 e. The average Bonchev–Trinajstić information content (AvgIpc) is 2.99. The third-order valence-electron chi connectivity index (χ3n) is 2.82. The molecule has 0 unspecified atom stereocenters. The number of benzene rings is 1. The lowest BCUT2D eigenvalue weighted by Crippen LogP contribution is -2.21. The van der Waals surface area contributed by atoms with E-state index in [0.717, 1.165) is 17.4 Å². The van der Waals surface area contributed by atoms with Crippen LogP contribution in [-0.2, 0) is 25.5 Å². The van der Waals surface area contributed by atoms with Crippen LogP contribution in [0.25, 0.3) is 0 Å². The first-order valence-electron chi connectivity index (χ1n) is 7.30. The van der Waals surface area contributed by atoms with Gasteiger partial charge in [0, 0.05) is 5.38 Å². The van der Waals surface area contributed by atoms with Crippen LogP contribution in [0.2, 0.25) is 0 Å². The maximum absolute atomic E-state index is 13.0. The van der Waals surface area contributed by atoms with E-state index in [1.54, 1.807) is 12.3 Å². The van der Waals surface area contributed by atoms with Gasteiger partial charge >= 0.3 is 11.9 Å². The number of ether oxygens (including phenoxy) is 2. The summed E-state index contributed by atoms with van der Waals surface area (Å²) in [5.74, 6) is -2.39. The Labute approximate surface area is 146 Å². The zero-order valence-electron chi connectivity index (χ0n) is 13.3. The molecule has 2 aromatic rings. The van der Waals surface area contributed by atoms with Crippen molar-refractivity contribution in [1.82, 2.24) is 4.98 Å². The van der Waals surface area contributed by atoms with E-state index in [1.807, 2.05) is 0 Å². The molecule has 7 nitrogen and oxygen atoms in total. The molecule has 1 heterocycles. The van der Waals surface area contributed by atoms with E-state index in [2.05, 4.69) is 10.3 Å². The fourth-order valence-corrected chi connectivity index (χ4v) is 2.52. The van der Waals surface area contributed by atoms with Crippen molar-refractivity contribution >= 4 is 34.3 Å². The highest BCUT2D eigenvalue weighted by atomic mass is 32.1. The van der Waals surface area contributed by atoms with Crippen LogP contribution in [-0.4, -0.2) is 36.0 Å². The second-order valence-electron chi connectivity index (χ2n) is 4.76. The number of halogens is 1. The molecule has 0 fully saturated rings. The lowest BCUT2D eigenvalue weighted by Gasteiger charge is -2.04. The van der Waals surface area contributed by atoms with Crippen LogP contribution in [0.15, 0.2) is 29.6 Å². The lowest BCUT2D eigenvalue weighted by atomic mass is 10.2. The normalized spacial score (nSPS) is 10.2. The van der Waals surface area contributed by atoms with Crippen LogP contribution < -0.4 is 5.32 Å². The Morgan fingerprint density at radius 3 is 2.80 bits per heavy atom. The minimum absolute atomic E-state index is 0.00870. The largest absolute Gasteiger partial charge is 0.466 e. The second kappa shape index (κ2) is 8.88. The number of anilines is 1. The minimum Gasteiger partial charge on any atom is -0.466 e. The van der Waals surface area contributed by atoms with Gasteiger partial charge in [-0.05, 0) is 25.1 Å². The van der Waals surface area contributed by atoms with Gasteiger partial charge in [-0.2, -0.15) is 0 Å². The SMILES string of the molecule is CCOC(=O)Cc1csc(NC(=O)COC(=O)c2cccc(F)c2)n1. The van der Waals surface area contributed by atoms with Crippen molar-refractivity contribution in [3.05, 3.63) is 46.7 Å². The number of aromatic nitrogens is 1. The van der Waals surface area contributed by atoms with Gasteiger partial charge in [-0.15, -0.1) is 11.3 Å². The molecule has 0 saturated carbocycles. The molecule has 1 amide bonds. The fourth-order valence-electron chi connectivity index (χ4n) is 1.79. The Balaban J connectivity index is 1.81. The molecule has 132 valence electrons. The molecule has 0 radical (unpaired) electrons. The van der Waals surface area contributed by atoms with E-state index in [4.69, 9.17) is 9.47 Å². The number of esters is 2. The summed E-state index contributed by atoms with van der Waals surface area (Å²) >= 11 is 1.13. The summed E-state index contributed by atoms with van der Waals surface area (Å²) in [5.41, 5.74) is 0.481. The standard InChI is InChI=1S/C16H15FN2O5S/c1-2-23-14(21)7-12-9-25-16(18-12)19-13(20)8-24-15(22)10-4-3-5-11(17)6-10/h3-6,9H,2,7-8H2,1H3,(H,18,19,20). The van der Waals surface area contributed by atoms with Crippen molar-refractivity contribution in [2.24, 2.45) is 0 Å². The van der Waals surface area contributed by atoms with Gasteiger partial charge in [0.2, 0.25) is 0 Å². The molecular weight excluding hydrogens is 351 g/mol. The zero-order chi connectivity index (χ0) is 18.2. The number of amides is 1. The monoisotopic (exact) mass is 366 g/mol. The van der Waals surface area contributed by atoms with Crippen molar-refractivity contribution < 1.29 is 28.2 Å². The van der Waals surface area contributed by atoms with Crippen LogP contribution in [0, 0.1) is 5.82 Å². The number of rotatable bonds is 7. The summed E-state index contributed by atoms with van der Waals surface area (Å²) in [6.45, 7) is 1.45. The van der Waals surface area contributed by atoms with E-state index in [0.29, 0.717) is 5.69 Å². The van der Waals surface area contributed by atoms with E-state index in [-0.39, 0.29) is 23.7 Å². The van der Waals surface area contributed by atoms with Crippen molar-refractivity contribution in [2.45, 2.75) is 13.3 Å².